The number of pyridine rings is 1. The number of hydrogen-bond donors (Lipinski definition) is 3. The normalized spacial score (nSPS) is 17.9. The zero-order valence-corrected chi connectivity index (χ0v) is 12.7. The van der Waals surface area contributed by atoms with Gasteiger partial charge in [0.1, 0.15) is 6.10 Å². The summed E-state index contributed by atoms with van der Waals surface area (Å²) in [7, 11) is 0. The molecule has 1 saturated heterocycles. The van der Waals surface area contributed by atoms with Crippen LogP contribution in [0, 0.1) is 5.82 Å². The van der Waals surface area contributed by atoms with Crippen molar-refractivity contribution in [3.8, 4) is 0 Å². The van der Waals surface area contributed by atoms with Gasteiger partial charge in [-0.3, -0.25) is 14.9 Å². The monoisotopic (exact) mass is 319 g/mol. The van der Waals surface area contributed by atoms with Crippen LogP contribution in [0.15, 0.2) is 18.3 Å². The van der Waals surface area contributed by atoms with E-state index in [1.807, 2.05) is 0 Å². The SMILES string of the molecule is CCc1n[nH]c(C(=O)Nc2ccc(C3CNCCO3)nc2)c1F. The van der Waals surface area contributed by atoms with Gasteiger partial charge in [0.15, 0.2) is 11.5 Å². The van der Waals surface area contributed by atoms with E-state index in [9.17, 15) is 9.18 Å². The molecular formula is C15H18FN5O2. The summed E-state index contributed by atoms with van der Waals surface area (Å²) >= 11 is 0. The summed E-state index contributed by atoms with van der Waals surface area (Å²) < 4.78 is 19.5. The molecule has 2 aromatic heterocycles. The number of amides is 1. The van der Waals surface area contributed by atoms with Gasteiger partial charge in [0.25, 0.3) is 5.91 Å². The van der Waals surface area contributed by atoms with Crippen molar-refractivity contribution in [1.82, 2.24) is 20.5 Å². The fourth-order valence-electron chi connectivity index (χ4n) is 2.37. The maximum absolute atomic E-state index is 13.9. The molecule has 122 valence electrons. The number of ether oxygens (including phenoxy) is 1. The lowest BCUT2D eigenvalue weighted by Gasteiger charge is -2.23. The third-order valence-corrected chi connectivity index (χ3v) is 3.64. The molecule has 23 heavy (non-hydrogen) atoms. The molecule has 1 unspecified atom stereocenters. The number of carbonyl (C=O) groups is 1. The summed E-state index contributed by atoms with van der Waals surface area (Å²) in [5.74, 6) is -1.20. The number of aromatic amines is 1. The molecule has 1 fully saturated rings. The molecule has 8 heteroatoms. The van der Waals surface area contributed by atoms with Crippen molar-refractivity contribution in [2.75, 3.05) is 25.0 Å². The van der Waals surface area contributed by atoms with Crippen LogP contribution in [0.1, 0.15) is 34.9 Å². The molecule has 0 bridgehead atoms. The van der Waals surface area contributed by atoms with Crippen molar-refractivity contribution in [1.29, 1.82) is 0 Å². The number of aryl methyl sites for hydroxylation is 1. The molecule has 2 aromatic rings. The highest BCUT2D eigenvalue weighted by Gasteiger charge is 2.19. The van der Waals surface area contributed by atoms with E-state index >= 15 is 0 Å². The van der Waals surface area contributed by atoms with Gasteiger partial charge in [-0.2, -0.15) is 5.10 Å². The molecule has 0 saturated carbocycles. The van der Waals surface area contributed by atoms with Crippen molar-refractivity contribution >= 4 is 11.6 Å². The van der Waals surface area contributed by atoms with Crippen LogP contribution in [0.25, 0.3) is 0 Å². The third-order valence-electron chi connectivity index (χ3n) is 3.64. The van der Waals surface area contributed by atoms with Crippen LogP contribution in [-0.4, -0.2) is 40.8 Å². The van der Waals surface area contributed by atoms with Crippen LogP contribution in [0.5, 0.6) is 0 Å². The first-order chi connectivity index (χ1) is 11.2. The number of anilines is 1. The maximum atomic E-state index is 13.9. The number of nitrogens with zero attached hydrogens (tertiary/aromatic N) is 2. The predicted molar refractivity (Wildman–Crippen MR) is 81.7 cm³/mol. The Morgan fingerprint density at radius 3 is 3.00 bits per heavy atom. The van der Waals surface area contributed by atoms with Gasteiger partial charge in [0.2, 0.25) is 0 Å². The van der Waals surface area contributed by atoms with Crippen LogP contribution >= 0.6 is 0 Å². The van der Waals surface area contributed by atoms with E-state index in [0.717, 1.165) is 12.2 Å². The Morgan fingerprint density at radius 2 is 2.39 bits per heavy atom. The highest BCUT2D eigenvalue weighted by molar-refractivity contribution is 6.03. The second-order valence-corrected chi connectivity index (χ2v) is 5.20. The second kappa shape index (κ2) is 6.84. The minimum Gasteiger partial charge on any atom is -0.369 e. The highest BCUT2D eigenvalue weighted by Crippen LogP contribution is 2.18. The fourth-order valence-corrected chi connectivity index (χ4v) is 2.37. The zero-order chi connectivity index (χ0) is 16.2. The number of rotatable bonds is 4. The molecule has 3 heterocycles. The van der Waals surface area contributed by atoms with Crippen LogP contribution in [0.4, 0.5) is 10.1 Å². The molecule has 1 atom stereocenters. The lowest BCUT2D eigenvalue weighted by molar-refractivity contribution is 0.0250. The van der Waals surface area contributed by atoms with Crippen LogP contribution in [0.3, 0.4) is 0 Å². The molecule has 0 spiro atoms. The Morgan fingerprint density at radius 1 is 1.52 bits per heavy atom. The van der Waals surface area contributed by atoms with Crippen LogP contribution < -0.4 is 10.6 Å². The number of halogens is 1. The first-order valence-corrected chi connectivity index (χ1v) is 7.51. The molecule has 0 aromatic carbocycles. The summed E-state index contributed by atoms with van der Waals surface area (Å²) in [6.45, 7) is 3.95. The molecule has 1 aliphatic rings. The number of H-pyrrole nitrogens is 1. The topological polar surface area (TPSA) is 91.9 Å². The molecular weight excluding hydrogens is 301 g/mol. The number of carbonyl (C=O) groups excluding carboxylic acids is 1. The van der Waals surface area contributed by atoms with E-state index in [0.29, 0.717) is 25.3 Å². The number of nitrogens with one attached hydrogen (secondary N) is 3. The van der Waals surface area contributed by atoms with E-state index in [2.05, 4.69) is 25.8 Å². The average molecular weight is 319 g/mol. The number of aromatic nitrogens is 3. The van der Waals surface area contributed by atoms with Crippen molar-refractivity contribution in [3.05, 3.63) is 41.2 Å². The Bertz CT molecular complexity index is 680. The van der Waals surface area contributed by atoms with Gasteiger partial charge in [-0.15, -0.1) is 0 Å². The molecule has 1 amide bonds. The number of morpholine rings is 1. The van der Waals surface area contributed by atoms with E-state index in [1.165, 1.54) is 6.20 Å². The maximum Gasteiger partial charge on any atom is 0.276 e. The Balaban J connectivity index is 1.67. The fraction of sp³-hybridized carbons (Fsp3) is 0.400. The predicted octanol–water partition coefficient (Wildman–Crippen LogP) is 1.42. The molecule has 1 aliphatic heterocycles. The minimum atomic E-state index is -0.615. The lowest BCUT2D eigenvalue weighted by atomic mass is 10.2. The Labute approximate surface area is 132 Å². The van der Waals surface area contributed by atoms with E-state index in [1.54, 1.807) is 19.1 Å². The Hall–Kier alpha value is -2.32. The quantitative estimate of drug-likeness (QED) is 0.793. The standard InChI is InChI=1S/C15H18FN5O2/c1-2-10-13(16)14(21-20-10)15(22)19-9-3-4-11(18-7-9)12-8-17-5-6-23-12/h3-4,7,12,17H,2,5-6,8H2,1H3,(H,19,22)(H,20,21). The smallest absolute Gasteiger partial charge is 0.276 e. The van der Waals surface area contributed by atoms with E-state index in [4.69, 9.17) is 4.74 Å². The van der Waals surface area contributed by atoms with Gasteiger partial charge >= 0.3 is 0 Å². The largest absolute Gasteiger partial charge is 0.369 e. The van der Waals surface area contributed by atoms with Crippen LogP contribution in [-0.2, 0) is 11.2 Å². The average Bonchev–Trinajstić information content (AvgIpc) is 2.97. The summed E-state index contributed by atoms with van der Waals surface area (Å²) in [6.07, 6.45) is 1.85. The van der Waals surface area contributed by atoms with Gasteiger partial charge in [0, 0.05) is 13.1 Å². The third kappa shape index (κ3) is 3.38. The van der Waals surface area contributed by atoms with Gasteiger partial charge < -0.3 is 15.4 Å². The van der Waals surface area contributed by atoms with Gasteiger partial charge in [0.05, 0.1) is 29.9 Å². The Kier molecular flexibility index (Phi) is 4.63. The molecule has 0 radical (unpaired) electrons. The minimum absolute atomic E-state index is 0.0920. The van der Waals surface area contributed by atoms with E-state index < -0.39 is 11.7 Å². The number of hydrogen-bond acceptors (Lipinski definition) is 5. The van der Waals surface area contributed by atoms with Gasteiger partial charge in [-0.05, 0) is 18.6 Å². The summed E-state index contributed by atoms with van der Waals surface area (Å²) in [4.78, 5) is 16.4. The molecule has 3 N–H and O–H groups in total. The highest BCUT2D eigenvalue weighted by atomic mass is 19.1. The summed E-state index contributed by atoms with van der Waals surface area (Å²) in [5, 5.41) is 12.0. The summed E-state index contributed by atoms with van der Waals surface area (Å²) in [5.41, 5.74) is 1.34. The van der Waals surface area contributed by atoms with Crippen molar-refractivity contribution < 1.29 is 13.9 Å². The van der Waals surface area contributed by atoms with E-state index in [-0.39, 0.29) is 17.5 Å². The molecule has 3 rings (SSSR count). The van der Waals surface area contributed by atoms with Crippen molar-refractivity contribution in [3.63, 3.8) is 0 Å². The van der Waals surface area contributed by atoms with Gasteiger partial charge in [-0.25, -0.2) is 4.39 Å². The summed E-state index contributed by atoms with van der Waals surface area (Å²) in [6, 6.07) is 3.50. The second-order valence-electron chi connectivity index (χ2n) is 5.20. The van der Waals surface area contributed by atoms with Crippen molar-refractivity contribution in [2.24, 2.45) is 0 Å². The van der Waals surface area contributed by atoms with Crippen molar-refractivity contribution in [2.45, 2.75) is 19.4 Å². The van der Waals surface area contributed by atoms with Crippen LogP contribution in [0.2, 0.25) is 0 Å². The lowest BCUT2D eigenvalue weighted by Crippen LogP contribution is -2.33. The first-order valence-electron chi connectivity index (χ1n) is 7.51. The first kappa shape index (κ1) is 15.6. The molecule has 7 nitrogen and oxygen atoms in total. The zero-order valence-electron chi connectivity index (χ0n) is 12.7. The molecule has 0 aliphatic carbocycles. The van der Waals surface area contributed by atoms with Gasteiger partial charge in [-0.1, -0.05) is 6.92 Å².